The van der Waals surface area contributed by atoms with Gasteiger partial charge in [-0.3, -0.25) is 4.79 Å². The van der Waals surface area contributed by atoms with Gasteiger partial charge in [-0.15, -0.1) is 0 Å². The molecule has 0 aliphatic heterocycles. The van der Waals surface area contributed by atoms with E-state index in [-0.39, 0.29) is 11.5 Å². The Morgan fingerprint density at radius 1 is 1.11 bits per heavy atom. The molecule has 2 aromatic rings. The average Bonchev–Trinajstić information content (AvgIpc) is 2.62. The van der Waals surface area contributed by atoms with E-state index in [0.29, 0.717) is 18.4 Å². The smallest absolute Gasteiger partial charge is 0.167 e. The molecule has 0 fully saturated rings. The maximum absolute atomic E-state index is 12.9. The fraction of sp³-hybridized carbons (Fsp3) is 0.292. The predicted molar refractivity (Wildman–Crippen MR) is 114 cm³/mol. The van der Waals surface area contributed by atoms with Crippen LogP contribution >= 0.6 is 0 Å². The summed E-state index contributed by atoms with van der Waals surface area (Å²) in [6.45, 7) is 5.94. The van der Waals surface area contributed by atoms with Gasteiger partial charge in [0.05, 0.1) is 0 Å². The third-order valence-electron chi connectivity index (χ3n) is 4.50. The minimum absolute atomic E-state index is 0.0762. The second kappa shape index (κ2) is 9.22. The van der Waals surface area contributed by atoms with E-state index >= 15 is 0 Å². The number of anilines is 1. The van der Waals surface area contributed by atoms with Crippen molar-refractivity contribution in [1.29, 1.82) is 0 Å². The topological polar surface area (TPSA) is 40.5 Å². The van der Waals surface area contributed by atoms with E-state index in [1.165, 1.54) is 5.57 Å². The molecule has 1 N–H and O–H groups in total. The van der Waals surface area contributed by atoms with Gasteiger partial charge in [0.25, 0.3) is 0 Å². The minimum Gasteiger partial charge on any atom is -0.508 e. The van der Waals surface area contributed by atoms with Crippen molar-refractivity contribution in [1.82, 2.24) is 0 Å². The van der Waals surface area contributed by atoms with E-state index in [1.807, 2.05) is 82.2 Å². The highest BCUT2D eigenvalue weighted by Crippen LogP contribution is 2.26. The Morgan fingerprint density at radius 3 is 2.48 bits per heavy atom. The maximum Gasteiger partial charge on any atom is 0.167 e. The standard InChI is InChI=1S/C24H29NO2/c1-6-22(19-12-13-23(26)20(16-19)11-10-17(2)3)24(27)15-18-8-7-9-21(14-18)25(4)5/h6-10,12-14,16,26H,11,15H2,1-5H3/b22-6+. The number of phenols is 1. The van der Waals surface area contributed by atoms with Gasteiger partial charge in [0.1, 0.15) is 5.75 Å². The van der Waals surface area contributed by atoms with Crippen molar-refractivity contribution in [3.05, 3.63) is 76.9 Å². The van der Waals surface area contributed by atoms with Crippen LogP contribution in [0.1, 0.15) is 37.5 Å². The first-order valence-corrected chi connectivity index (χ1v) is 9.23. The lowest BCUT2D eigenvalue weighted by Crippen LogP contribution is -2.10. The summed E-state index contributed by atoms with van der Waals surface area (Å²) < 4.78 is 0. The molecule has 3 nitrogen and oxygen atoms in total. The number of nitrogens with zero attached hydrogens (tertiary/aromatic N) is 1. The zero-order chi connectivity index (χ0) is 20.0. The lowest BCUT2D eigenvalue weighted by Gasteiger charge is -2.14. The number of Topliss-reactive ketones (excluding diaryl/α,β-unsaturated/α-hetero) is 1. The SMILES string of the molecule is C/C=C(/C(=O)Cc1cccc(N(C)C)c1)c1ccc(O)c(CC=C(C)C)c1. The second-order valence-electron chi connectivity index (χ2n) is 7.20. The Morgan fingerprint density at radius 2 is 1.85 bits per heavy atom. The van der Waals surface area contributed by atoms with E-state index in [2.05, 4.69) is 6.08 Å². The molecule has 0 bridgehead atoms. The molecule has 0 saturated carbocycles. The Hall–Kier alpha value is -2.81. The van der Waals surface area contributed by atoms with Gasteiger partial charge in [-0.2, -0.15) is 0 Å². The average molecular weight is 364 g/mol. The molecule has 142 valence electrons. The molecule has 0 radical (unpaired) electrons. The number of hydrogen-bond acceptors (Lipinski definition) is 3. The first-order chi connectivity index (χ1) is 12.8. The van der Waals surface area contributed by atoms with Gasteiger partial charge in [-0.25, -0.2) is 0 Å². The van der Waals surface area contributed by atoms with Crippen LogP contribution in [-0.2, 0) is 17.6 Å². The highest BCUT2D eigenvalue weighted by atomic mass is 16.3. The molecule has 0 aliphatic carbocycles. The molecule has 0 saturated heterocycles. The predicted octanol–water partition coefficient (Wildman–Crippen LogP) is 5.18. The zero-order valence-corrected chi connectivity index (χ0v) is 16.9. The number of benzene rings is 2. The van der Waals surface area contributed by atoms with Crippen LogP contribution in [0.2, 0.25) is 0 Å². The van der Waals surface area contributed by atoms with E-state index < -0.39 is 0 Å². The fourth-order valence-corrected chi connectivity index (χ4v) is 2.94. The van der Waals surface area contributed by atoms with Gasteiger partial charge >= 0.3 is 0 Å². The van der Waals surface area contributed by atoms with Crippen molar-refractivity contribution >= 4 is 17.0 Å². The highest BCUT2D eigenvalue weighted by Gasteiger charge is 2.14. The molecule has 0 atom stereocenters. The van der Waals surface area contributed by atoms with Gasteiger partial charge in [0, 0.05) is 31.8 Å². The summed E-state index contributed by atoms with van der Waals surface area (Å²) in [5.74, 6) is 0.338. The summed E-state index contributed by atoms with van der Waals surface area (Å²) in [4.78, 5) is 15.0. The summed E-state index contributed by atoms with van der Waals surface area (Å²) >= 11 is 0. The number of hydrogen-bond donors (Lipinski definition) is 1. The first-order valence-electron chi connectivity index (χ1n) is 9.23. The number of rotatable bonds is 7. The first kappa shape index (κ1) is 20.5. The van der Waals surface area contributed by atoms with Crippen LogP contribution in [-0.4, -0.2) is 25.0 Å². The van der Waals surface area contributed by atoms with Gasteiger partial charge in [-0.05, 0) is 68.1 Å². The van der Waals surface area contributed by atoms with Gasteiger partial charge in [0.15, 0.2) is 5.78 Å². The molecule has 0 aliphatic rings. The van der Waals surface area contributed by atoms with Crippen LogP contribution in [0.25, 0.3) is 5.57 Å². The van der Waals surface area contributed by atoms with E-state index in [9.17, 15) is 9.90 Å². The third-order valence-corrected chi connectivity index (χ3v) is 4.50. The Balaban J connectivity index is 2.26. The van der Waals surface area contributed by atoms with Crippen LogP contribution < -0.4 is 4.90 Å². The normalized spacial score (nSPS) is 11.2. The quantitative estimate of drug-likeness (QED) is 0.544. The summed E-state index contributed by atoms with van der Waals surface area (Å²) in [6, 6.07) is 13.4. The lowest BCUT2D eigenvalue weighted by atomic mass is 9.94. The molecular weight excluding hydrogens is 334 g/mol. The summed E-state index contributed by atoms with van der Waals surface area (Å²) in [5, 5.41) is 10.1. The summed E-state index contributed by atoms with van der Waals surface area (Å²) in [6.07, 6.45) is 4.93. The van der Waals surface area contributed by atoms with Crippen molar-refractivity contribution in [2.75, 3.05) is 19.0 Å². The van der Waals surface area contributed by atoms with Crippen molar-refractivity contribution in [2.24, 2.45) is 0 Å². The van der Waals surface area contributed by atoms with Crippen molar-refractivity contribution in [3.63, 3.8) is 0 Å². The largest absolute Gasteiger partial charge is 0.508 e. The molecule has 0 spiro atoms. The fourth-order valence-electron chi connectivity index (χ4n) is 2.94. The number of allylic oxidation sites excluding steroid dienone is 4. The number of ketones is 1. The number of phenolic OH excluding ortho intramolecular Hbond substituents is 1. The molecule has 3 heteroatoms. The Labute approximate surface area is 162 Å². The number of carbonyl (C=O) groups is 1. The number of carbonyl (C=O) groups excluding carboxylic acids is 1. The minimum atomic E-state index is 0.0762. The lowest BCUT2D eigenvalue weighted by molar-refractivity contribution is -0.113. The molecule has 2 aromatic carbocycles. The molecule has 0 unspecified atom stereocenters. The molecular formula is C24H29NO2. The molecule has 0 heterocycles. The Kier molecular flexibility index (Phi) is 7.00. The Bertz CT molecular complexity index is 872. The highest BCUT2D eigenvalue weighted by molar-refractivity contribution is 6.21. The van der Waals surface area contributed by atoms with Crippen LogP contribution in [0.3, 0.4) is 0 Å². The monoisotopic (exact) mass is 363 g/mol. The van der Waals surface area contributed by atoms with Crippen LogP contribution in [0.5, 0.6) is 5.75 Å². The summed E-state index contributed by atoms with van der Waals surface area (Å²) in [5.41, 5.74) is 5.63. The van der Waals surface area contributed by atoms with Gasteiger partial charge in [-0.1, -0.05) is 35.9 Å². The summed E-state index contributed by atoms with van der Waals surface area (Å²) in [7, 11) is 3.98. The zero-order valence-electron chi connectivity index (χ0n) is 16.9. The van der Waals surface area contributed by atoms with Gasteiger partial charge in [0.2, 0.25) is 0 Å². The third kappa shape index (κ3) is 5.58. The molecule has 0 aromatic heterocycles. The number of aromatic hydroxyl groups is 1. The van der Waals surface area contributed by atoms with E-state index in [1.54, 1.807) is 6.07 Å². The van der Waals surface area contributed by atoms with E-state index in [0.717, 1.165) is 22.4 Å². The van der Waals surface area contributed by atoms with Crippen LogP contribution in [0.4, 0.5) is 5.69 Å². The van der Waals surface area contributed by atoms with Gasteiger partial charge < -0.3 is 10.0 Å². The second-order valence-corrected chi connectivity index (χ2v) is 7.20. The van der Waals surface area contributed by atoms with Crippen molar-refractivity contribution < 1.29 is 9.90 Å². The van der Waals surface area contributed by atoms with E-state index in [4.69, 9.17) is 0 Å². The van der Waals surface area contributed by atoms with Crippen molar-refractivity contribution in [2.45, 2.75) is 33.6 Å². The maximum atomic E-state index is 12.9. The van der Waals surface area contributed by atoms with Crippen LogP contribution in [0, 0.1) is 0 Å². The van der Waals surface area contributed by atoms with Crippen LogP contribution in [0.15, 0.2) is 60.2 Å². The molecule has 2 rings (SSSR count). The molecule has 0 amide bonds. The molecule has 27 heavy (non-hydrogen) atoms. The van der Waals surface area contributed by atoms with Crippen molar-refractivity contribution in [3.8, 4) is 5.75 Å².